The van der Waals surface area contributed by atoms with Crippen LogP contribution in [-0.4, -0.2) is 23.2 Å². The van der Waals surface area contributed by atoms with Crippen LogP contribution in [0.3, 0.4) is 0 Å². The highest BCUT2D eigenvalue weighted by atomic mass is 16.5. The molecule has 0 unspecified atom stereocenters. The number of ketones is 1. The Hall–Kier alpha value is -2.95. The number of carbonyl (C=O) groups excluding carboxylic acids is 3. The van der Waals surface area contributed by atoms with Crippen LogP contribution in [0, 0.1) is 5.92 Å². The highest BCUT2D eigenvalue weighted by molar-refractivity contribution is 5.88. The number of aryl methyl sites for hydroxylation is 1. The van der Waals surface area contributed by atoms with Gasteiger partial charge in [0.25, 0.3) is 0 Å². The van der Waals surface area contributed by atoms with E-state index in [0.717, 1.165) is 11.1 Å². The molecule has 0 radical (unpaired) electrons. The van der Waals surface area contributed by atoms with Crippen LogP contribution in [0.1, 0.15) is 51.2 Å². The molecule has 1 N–H and O–H groups in total. The SMILES string of the molecule is CC(C)(C)NC(=O)C[C@H](CC(=O)CCc1ccccc1)C(=O)OCc1ccccc1. The van der Waals surface area contributed by atoms with Gasteiger partial charge in [0.15, 0.2) is 0 Å². The molecule has 5 nitrogen and oxygen atoms in total. The van der Waals surface area contributed by atoms with Crippen molar-refractivity contribution in [2.75, 3.05) is 0 Å². The van der Waals surface area contributed by atoms with Gasteiger partial charge in [-0.25, -0.2) is 0 Å². The molecular formula is C25H31NO4. The Morgan fingerprint density at radius 1 is 0.867 bits per heavy atom. The quantitative estimate of drug-likeness (QED) is 0.596. The molecule has 1 amide bonds. The fourth-order valence-corrected chi connectivity index (χ4v) is 3.08. The van der Waals surface area contributed by atoms with Gasteiger partial charge in [0.1, 0.15) is 12.4 Å². The first kappa shape index (κ1) is 23.3. The largest absolute Gasteiger partial charge is 0.461 e. The van der Waals surface area contributed by atoms with Gasteiger partial charge in [0.2, 0.25) is 5.91 Å². The van der Waals surface area contributed by atoms with E-state index in [4.69, 9.17) is 4.74 Å². The Bertz CT molecular complexity index is 825. The maximum atomic E-state index is 12.7. The third kappa shape index (κ3) is 9.03. The van der Waals surface area contributed by atoms with Gasteiger partial charge in [0.05, 0.1) is 5.92 Å². The second kappa shape index (κ2) is 11.3. The van der Waals surface area contributed by atoms with Crippen LogP contribution >= 0.6 is 0 Å². The number of hydrogen-bond acceptors (Lipinski definition) is 4. The lowest BCUT2D eigenvalue weighted by Crippen LogP contribution is -2.42. The molecule has 0 aromatic heterocycles. The Labute approximate surface area is 178 Å². The fraction of sp³-hybridized carbons (Fsp3) is 0.400. The predicted molar refractivity (Wildman–Crippen MR) is 117 cm³/mol. The van der Waals surface area contributed by atoms with E-state index in [1.807, 2.05) is 81.4 Å². The van der Waals surface area contributed by atoms with Gasteiger partial charge in [0, 0.05) is 24.8 Å². The molecule has 2 rings (SSSR count). The van der Waals surface area contributed by atoms with E-state index < -0.39 is 17.4 Å². The van der Waals surface area contributed by atoms with Crippen LogP contribution in [-0.2, 0) is 32.1 Å². The summed E-state index contributed by atoms with van der Waals surface area (Å²) in [6.07, 6.45) is 0.868. The van der Waals surface area contributed by atoms with Crippen molar-refractivity contribution in [2.45, 2.75) is 58.6 Å². The summed E-state index contributed by atoms with van der Waals surface area (Å²) >= 11 is 0. The second-order valence-corrected chi connectivity index (χ2v) is 8.52. The normalized spacial score (nSPS) is 12.1. The van der Waals surface area contributed by atoms with Gasteiger partial charge < -0.3 is 10.1 Å². The number of amides is 1. The minimum atomic E-state index is -0.792. The van der Waals surface area contributed by atoms with Gasteiger partial charge in [-0.1, -0.05) is 60.7 Å². The molecular weight excluding hydrogens is 378 g/mol. The fourth-order valence-electron chi connectivity index (χ4n) is 3.08. The Morgan fingerprint density at radius 3 is 2.00 bits per heavy atom. The molecule has 0 aliphatic rings. The highest BCUT2D eigenvalue weighted by Gasteiger charge is 2.27. The first-order chi connectivity index (χ1) is 14.2. The molecule has 0 fully saturated rings. The minimum Gasteiger partial charge on any atom is -0.461 e. The lowest BCUT2D eigenvalue weighted by molar-refractivity contribution is -0.153. The number of rotatable bonds is 10. The monoisotopic (exact) mass is 409 g/mol. The standard InChI is InChI=1S/C25H31NO4/c1-25(2,3)26-23(28)17-21(24(29)30-18-20-12-8-5-9-13-20)16-22(27)15-14-19-10-6-4-7-11-19/h4-13,21H,14-18H2,1-3H3,(H,26,28)/t21-/m0/s1. The Kier molecular flexibility index (Phi) is 8.78. The molecule has 0 bridgehead atoms. The molecule has 0 aliphatic heterocycles. The highest BCUT2D eigenvalue weighted by Crippen LogP contribution is 2.17. The zero-order chi connectivity index (χ0) is 22.0. The van der Waals surface area contributed by atoms with Crippen LogP contribution in [0.15, 0.2) is 60.7 Å². The summed E-state index contributed by atoms with van der Waals surface area (Å²) < 4.78 is 5.41. The molecule has 0 saturated heterocycles. The number of hydrogen-bond donors (Lipinski definition) is 1. The van der Waals surface area contributed by atoms with E-state index in [0.29, 0.717) is 12.8 Å². The van der Waals surface area contributed by atoms with Crippen molar-refractivity contribution in [3.63, 3.8) is 0 Å². The van der Waals surface area contributed by atoms with Gasteiger partial charge >= 0.3 is 5.97 Å². The molecule has 2 aromatic rings. The van der Waals surface area contributed by atoms with Gasteiger partial charge in [-0.05, 0) is 38.3 Å². The average molecular weight is 410 g/mol. The van der Waals surface area contributed by atoms with E-state index in [-0.39, 0.29) is 31.1 Å². The summed E-state index contributed by atoms with van der Waals surface area (Å²) in [5, 5.41) is 2.85. The van der Waals surface area contributed by atoms with Crippen molar-refractivity contribution < 1.29 is 19.1 Å². The minimum absolute atomic E-state index is 0.00196. The lowest BCUT2D eigenvalue weighted by atomic mass is 9.95. The third-order valence-corrected chi connectivity index (χ3v) is 4.51. The zero-order valence-electron chi connectivity index (χ0n) is 18.0. The summed E-state index contributed by atoms with van der Waals surface area (Å²) in [6.45, 7) is 5.74. The van der Waals surface area contributed by atoms with Crippen LogP contribution < -0.4 is 5.32 Å². The predicted octanol–water partition coefficient (Wildman–Crippen LogP) is 4.24. The van der Waals surface area contributed by atoms with E-state index in [9.17, 15) is 14.4 Å². The van der Waals surface area contributed by atoms with Crippen LogP contribution in [0.5, 0.6) is 0 Å². The van der Waals surface area contributed by atoms with Crippen molar-refractivity contribution >= 4 is 17.7 Å². The maximum Gasteiger partial charge on any atom is 0.310 e. The molecule has 0 saturated carbocycles. The summed E-state index contributed by atoms with van der Waals surface area (Å²) in [5.41, 5.74) is 1.52. The number of Topliss-reactive ketones (excluding diaryl/α,β-unsaturated/α-hetero) is 1. The van der Waals surface area contributed by atoms with Crippen molar-refractivity contribution in [3.05, 3.63) is 71.8 Å². The number of nitrogens with one attached hydrogen (secondary N) is 1. The smallest absolute Gasteiger partial charge is 0.310 e. The van der Waals surface area contributed by atoms with E-state index in [2.05, 4.69) is 5.32 Å². The van der Waals surface area contributed by atoms with Crippen molar-refractivity contribution in [2.24, 2.45) is 5.92 Å². The molecule has 5 heteroatoms. The average Bonchev–Trinajstić information content (AvgIpc) is 2.70. The molecule has 0 heterocycles. The van der Waals surface area contributed by atoms with Gasteiger partial charge in [-0.3, -0.25) is 14.4 Å². The lowest BCUT2D eigenvalue weighted by Gasteiger charge is -2.22. The van der Waals surface area contributed by atoms with Crippen molar-refractivity contribution in [3.8, 4) is 0 Å². The van der Waals surface area contributed by atoms with Crippen LogP contribution in [0.4, 0.5) is 0 Å². The number of benzene rings is 2. The summed E-state index contributed by atoms with van der Waals surface area (Å²) in [4.78, 5) is 37.6. The van der Waals surface area contributed by atoms with Gasteiger partial charge in [-0.15, -0.1) is 0 Å². The molecule has 160 valence electrons. The molecule has 0 aliphatic carbocycles. The molecule has 0 spiro atoms. The number of esters is 1. The molecule has 30 heavy (non-hydrogen) atoms. The molecule has 1 atom stereocenters. The second-order valence-electron chi connectivity index (χ2n) is 8.52. The van der Waals surface area contributed by atoms with E-state index in [1.165, 1.54) is 0 Å². The number of ether oxygens (including phenoxy) is 1. The van der Waals surface area contributed by atoms with Crippen LogP contribution in [0.2, 0.25) is 0 Å². The Balaban J connectivity index is 1.97. The summed E-state index contributed by atoms with van der Waals surface area (Å²) in [7, 11) is 0. The first-order valence-corrected chi connectivity index (χ1v) is 10.3. The maximum absolute atomic E-state index is 12.7. The topological polar surface area (TPSA) is 72.5 Å². The van der Waals surface area contributed by atoms with E-state index in [1.54, 1.807) is 0 Å². The van der Waals surface area contributed by atoms with Crippen molar-refractivity contribution in [1.29, 1.82) is 0 Å². The summed E-state index contributed by atoms with van der Waals surface area (Å²) in [5.74, 6) is -1.63. The molecule has 2 aromatic carbocycles. The Morgan fingerprint density at radius 2 is 1.43 bits per heavy atom. The van der Waals surface area contributed by atoms with Gasteiger partial charge in [-0.2, -0.15) is 0 Å². The zero-order valence-corrected chi connectivity index (χ0v) is 18.0. The van der Waals surface area contributed by atoms with Crippen molar-refractivity contribution in [1.82, 2.24) is 5.32 Å². The first-order valence-electron chi connectivity index (χ1n) is 10.3. The number of carbonyl (C=O) groups is 3. The summed E-state index contributed by atoms with van der Waals surface area (Å²) in [6, 6.07) is 19.1. The third-order valence-electron chi connectivity index (χ3n) is 4.51. The van der Waals surface area contributed by atoms with E-state index >= 15 is 0 Å². The van der Waals surface area contributed by atoms with Crippen LogP contribution in [0.25, 0.3) is 0 Å².